The zero-order chi connectivity index (χ0) is 13.5. The van der Waals surface area contributed by atoms with Crippen LogP contribution in [0.5, 0.6) is 0 Å². The lowest BCUT2D eigenvalue weighted by molar-refractivity contribution is 0.0953. The van der Waals surface area contributed by atoms with E-state index in [9.17, 15) is 4.79 Å². The van der Waals surface area contributed by atoms with Gasteiger partial charge in [-0.2, -0.15) is 0 Å². The van der Waals surface area contributed by atoms with Crippen molar-refractivity contribution >= 4 is 28.8 Å². The van der Waals surface area contributed by atoms with E-state index < -0.39 is 0 Å². The third-order valence-electron chi connectivity index (χ3n) is 2.72. The van der Waals surface area contributed by atoms with Gasteiger partial charge in [0.1, 0.15) is 4.88 Å². The molecule has 0 aliphatic rings. The highest BCUT2D eigenvalue weighted by Gasteiger charge is 2.13. The molecular formula is C13H21ClN2OS. The average molecular weight is 289 g/mol. The van der Waals surface area contributed by atoms with Crippen molar-refractivity contribution in [3.8, 4) is 0 Å². The molecule has 18 heavy (non-hydrogen) atoms. The van der Waals surface area contributed by atoms with Crippen LogP contribution < -0.4 is 5.32 Å². The highest BCUT2D eigenvalue weighted by atomic mass is 35.5. The van der Waals surface area contributed by atoms with E-state index in [1.807, 2.05) is 13.0 Å². The number of nitrogens with one attached hydrogen (secondary N) is 1. The average Bonchev–Trinajstić information content (AvgIpc) is 2.67. The summed E-state index contributed by atoms with van der Waals surface area (Å²) in [4.78, 5) is 15.9. The Morgan fingerprint density at radius 2 is 2.17 bits per heavy atom. The molecule has 1 N–H and O–H groups in total. The number of hydrogen-bond acceptors (Lipinski definition) is 3. The number of rotatable bonds is 7. The van der Waals surface area contributed by atoms with Crippen molar-refractivity contribution in [3.05, 3.63) is 20.8 Å². The van der Waals surface area contributed by atoms with Crippen LogP contribution in [0.4, 0.5) is 0 Å². The first-order chi connectivity index (χ1) is 8.58. The highest BCUT2D eigenvalue weighted by Crippen LogP contribution is 2.25. The number of likely N-dealkylation sites (N-methyl/N-ethyl adjacent to an activating group) is 1. The molecule has 0 saturated carbocycles. The summed E-state index contributed by atoms with van der Waals surface area (Å²) in [6, 6.07) is 1.83. The molecule has 0 radical (unpaired) electrons. The van der Waals surface area contributed by atoms with E-state index in [2.05, 4.69) is 24.1 Å². The summed E-state index contributed by atoms with van der Waals surface area (Å²) in [6.07, 6.45) is 1.14. The minimum absolute atomic E-state index is 0.0642. The zero-order valence-electron chi connectivity index (χ0n) is 11.3. The van der Waals surface area contributed by atoms with Crippen LogP contribution in [0.1, 0.15) is 34.8 Å². The second-order valence-corrected chi connectivity index (χ2v) is 5.89. The SMILES string of the molecule is CCCN(CC)CCNC(=O)c1sc(C)cc1Cl. The number of amides is 1. The molecule has 0 saturated heterocycles. The number of hydrogen-bond donors (Lipinski definition) is 1. The van der Waals surface area contributed by atoms with Crippen molar-refractivity contribution in [1.82, 2.24) is 10.2 Å². The smallest absolute Gasteiger partial charge is 0.262 e. The molecule has 1 amide bonds. The van der Waals surface area contributed by atoms with E-state index in [1.54, 1.807) is 0 Å². The number of aryl methyl sites for hydroxylation is 1. The van der Waals surface area contributed by atoms with Crippen molar-refractivity contribution < 1.29 is 4.79 Å². The molecule has 0 spiro atoms. The summed E-state index contributed by atoms with van der Waals surface area (Å²) in [5.41, 5.74) is 0. The van der Waals surface area contributed by atoms with Crippen LogP contribution in [0.25, 0.3) is 0 Å². The van der Waals surface area contributed by atoms with Crippen molar-refractivity contribution in [3.63, 3.8) is 0 Å². The molecule has 0 unspecified atom stereocenters. The molecule has 0 aliphatic carbocycles. The number of thiophene rings is 1. The predicted molar refractivity (Wildman–Crippen MR) is 78.8 cm³/mol. The first-order valence-electron chi connectivity index (χ1n) is 6.35. The monoisotopic (exact) mass is 288 g/mol. The van der Waals surface area contributed by atoms with Crippen LogP contribution >= 0.6 is 22.9 Å². The minimum atomic E-state index is -0.0642. The van der Waals surface area contributed by atoms with Crippen molar-refractivity contribution in [2.24, 2.45) is 0 Å². The maximum absolute atomic E-state index is 11.9. The highest BCUT2D eigenvalue weighted by molar-refractivity contribution is 7.14. The Balaban J connectivity index is 2.39. The van der Waals surface area contributed by atoms with Gasteiger partial charge in [0.2, 0.25) is 0 Å². The van der Waals surface area contributed by atoms with Gasteiger partial charge in [-0.25, -0.2) is 0 Å². The normalized spacial score (nSPS) is 10.9. The molecule has 1 heterocycles. The van der Waals surface area contributed by atoms with Crippen LogP contribution in [0.2, 0.25) is 5.02 Å². The maximum Gasteiger partial charge on any atom is 0.262 e. The molecule has 0 bridgehead atoms. The fraction of sp³-hybridized carbons (Fsp3) is 0.615. The van der Waals surface area contributed by atoms with Gasteiger partial charge in [0.15, 0.2) is 0 Å². The lowest BCUT2D eigenvalue weighted by Gasteiger charge is -2.19. The topological polar surface area (TPSA) is 32.3 Å². The fourth-order valence-electron chi connectivity index (χ4n) is 1.79. The second kappa shape index (κ2) is 7.77. The van der Waals surface area contributed by atoms with E-state index in [0.29, 0.717) is 16.4 Å². The second-order valence-electron chi connectivity index (χ2n) is 4.22. The van der Waals surface area contributed by atoms with Gasteiger partial charge >= 0.3 is 0 Å². The summed E-state index contributed by atoms with van der Waals surface area (Å²) in [5, 5.41) is 3.47. The molecule has 1 aromatic rings. The number of halogens is 1. The van der Waals surface area contributed by atoms with Crippen LogP contribution in [0, 0.1) is 6.92 Å². The Labute approximate surface area is 118 Å². The first kappa shape index (κ1) is 15.5. The molecule has 0 atom stereocenters. The Kier molecular flexibility index (Phi) is 6.68. The molecule has 102 valence electrons. The van der Waals surface area contributed by atoms with Crippen LogP contribution in [0.3, 0.4) is 0 Å². The van der Waals surface area contributed by atoms with Crippen molar-refractivity contribution in [2.75, 3.05) is 26.2 Å². The predicted octanol–water partition coefficient (Wildman–Crippen LogP) is 3.17. The Morgan fingerprint density at radius 3 is 2.67 bits per heavy atom. The number of carbonyl (C=O) groups excluding carboxylic acids is 1. The van der Waals surface area contributed by atoms with Crippen LogP contribution in [0.15, 0.2) is 6.07 Å². The van der Waals surface area contributed by atoms with Crippen molar-refractivity contribution in [2.45, 2.75) is 27.2 Å². The van der Waals surface area contributed by atoms with Crippen LogP contribution in [-0.4, -0.2) is 37.0 Å². The third kappa shape index (κ3) is 4.59. The molecule has 0 fully saturated rings. The summed E-state index contributed by atoms with van der Waals surface area (Å²) in [6.45, 7) is 9.89. The standard InChI is InChI=1S/C13H21ClN2OS/c1-4-7-16(5-2)8-6-15-13(17)12-11(14)9-10(3)18-12/h9H,4-8H2,1-3H3,(H,15,17). The molecule has 0 aromatic carbocycles. The van der Waals surface area contributed by atoms with E-state index >= 15 is 0 Å². The van der Waals surface area contributed by atoms with Gasteiger partial charge in [-0.1, -0.05) is 25.4 Å². The van der Waals surface area contributed by atoms with Gasteiger partial charge in [0.05, 0.1) is 5.02 Å². The summed E-state index contributed by atoms with van der Waals surface area (Å²) in [7, 11) is 0. The van der Waals surface area contributed by atoms with Gasteiger partial charge < -0.3 is 10.2 Å². The summed E-state index contributed by atoms with van der Waals surface area (Å²) >= 11 is 7.44. The number of carbonyl (C=O) groups is 1. The van der Waals surface area contributed by atoms with Crippen LogP contribution in [-0.2, 0) is 0 Å². The molecule has 3 nitrogen and oxygen atoms in total. The van der Waals surface area contributed by atoms with Gasteiger partial charge in [-0.3, -0.25) is 4.79 Å². The first-order valence-corrected chi connectivity index (χ1v) is 7.54. The van der Waals surface area contributed by atoms with Gasteiger partial charge in [-0.05, 0) is 32.5 Å². The zero-order valence-corrected chi connectivity index (χ0v) is 12.8. The van der Waals surface area contributed by atoms with Gasteiger partial charge in [0, 0.05) is 18.0 Å². The van der Waals surface area contributed by atoms with E-state index in [0.717, 1.165) is 30.9 Å². The summed E-state index contributed by atoms with van der Waals surface area (Å²) < 4.78 is 0. The van der Waals surface area contributed by atoms with Gasteiger partial charge in [-0.15, -0.1) is 11.3 Å². The third-order valence-corrected chi connectivity index (χ3v) is 4.18. The lowest BCUT2D eigenvalue weighted by Crippen LogP contribution is -2.35. The summed E-state index contributed by atoms with van der Waals surface area (Å²) in [5.74, 6) is -0.0642. The van der Waals surface area contributed by atoms with E-state index in [4.69, 9.17) is 11.6 Å². The molecule has 0 aliphatic heterocycles. The quantitative estimate of drug-likeness (QED) is 0.836. The maximum atomic E-state index is 11.9. The molecular weight excluding hydrogens is 268 g/mol. The molecule has 1 rings (SSSR count). The Morgan fingerprint density at radius 1 is 1.44 bits per heavy atom. The van der Waals surface area contributed by atoms with E-state index in [1.165, 1.54) is 11.3 Å². The van der Waals surface area contributed by atoms with Crippen molar-refractivity contribution in [1.29, 1.82) is 0 Å². The largest absolute Gasteiger partial charge is 0.350 e. The minimum Gasteiger partial charge on any atom is -0.350 e. The Bertz CT molecular complexity index is 392. The van der Waals surface area contributed by atoms with Gasteiger partial charge in [0.25, 0.3) is 5.91 Å². The fourth-order valence-corrected chi connectivity index (χ4v) is 3.04. The van der Waals surface area contributed by atoms with E-state index in [-0.39, 0.29) is 5.91 Å². The number of nitrogens with zero attached hydrogens (tertiary/aromatic N) is 1. The lowest BCUT2D eigenvalue weighted by atomic mass is 10.4. The molecule has 1 aromatic heterocycles. The molecule has 5 heteroatoms. The Hall–Kier alpha value is -0.580.